The molecular formula is C21H18Cl2N4O3. The van der Waals surface area contributed by atoms with Crippen LogP contribution in [0.4, 0.5) is 0 Å². The Morgan fingerprint density at radius 2 is 1.67 bits per heavy atom. The van der Waals surface area contributed by atoms with Crippen LogP contribution in [0.15, 0.2) is 58.1 Å². The Bertz CT molecular complexity index is 1350. The molecule has 9 heteroatoms. The van der Waals surface area contributed by atoms with Gasteiger partial charge < -0.3 is 4.74 Å². The molecule has 0 N–H and O–H groups in total. The van der Waals surface area contributed by atoms with Gasteiger partial charge in [-0.15, -0.1) is 0 Å². The third-order valence-corrected chi connectivity index (χ3v) is 5.50. The van der Waals surface area contributed by atoms with Gasteiger partial charge in [0.25, 0.3) is 11.6 Å². The van der Waals surface area contributed by atoms with Crippen LogP contribution < -0.4 is 16.0 Å². The van der Waals surface area contributed by atoms with Crippen LogP contribution in [0.25, 0.3) is 11.2 Å². The van der Waals surface area contributed by atoms with Crippen molar-refractivity contribution >= 4 is 34.4 Å². The van der Waals surface area contributed by atoms with Crippen molar-refractivity contribution in [1.29, 1.82) is 0 Å². The molecule has 0 aliphatic carbocycles. The number of aromatic nitrogens is 4. The van der Waals surface area contributed by atoms with Crippen molar-refractivity contribution in [3.63, 3.8) is 0 Å². The van der Waals surface area contributed by atoms with E-state index < -0.39 is 11.2 Å². The van der Waals surface area contributed by atoms with Crippen molar-refractivity contribution in [2.75, 3.05) is 0 Å². The Morgan fingerprint density at radius 1 is 0.967 bits per heavy atom. The monoisotopic (exact) mass is 444 g/mol. The van der Waals surface area contributed by atoms with Crippen LogP contribution in [0.1, 0.15) is 11.1 Å². The maximum Gasteiger partial charge on any atom is 0.332 e. The molecule has 0 fully saturated rings. The quantitative estimate of drug-likeness (QED) is 0.473. The van der Waals surface area contributed by atoms with E-state index in [0.29, 0.717) is 16.6 Å². The number of ether oxygens (including phenoxy) is 1. The van der Waals surface area contributed by atoms with Crippen molar-refractivity contribution in [3.8, 4) is 6.01 Å². The van der Waals surface area contributed by atoms with Crippen LogP contribution in [0, 0.1) is 0 Å². The molecule has 2 heterocycles. The van der Waals surface area contributed by atoms with Crippen LogP contribution in [0.3, 0.4) is 0 Å². The highest BCUT2D eigenvalue weighted by Gasteiger charge is 2.20. The molecule has 0 saturated carbocycles. The van der Waals surface area contributed by atoms with Gasteiger partial charge in [-0.2, -0.15) is 4.98 Å². The van der Waals surface area contributed by atoms with Crippen molar-refractivity contribution in [1.82, 2.24) is 18.7 Å². The van der Waals surface area contributed by atoms with Gasteiger partial charge in [0, 0.05) is 29.7 Å². The molecule has 0 amide bonds. The first-order valence-corrected chi connectivity index (χ1v) is 9.89. The van der Waals surface area contributed by atoms with Gasteiger partial charge in [-0.3, -0.25) is 18.5 Å². The number of imidazole rings is 1. The van der Waals surface area contributed by atoms with Gasteiger partial charge in [-0.25, -0.2) is 4.79 Å². The SMILES string of the molecule is Cn1c(=O)c2c(nc(OCc3ccccc3Cl)n2Cc2ccc(Cl)cc2)n(C)c1=O. The summed E-state index contributed by atoms with van der Waals surface area (Å²) in [4.78, 5) is 29.7. The van der Waals surface area contributed by atoms with E-state index >= 15 is 0 Å². The van der Waals surface area contributed by atoms with Crippen LogP contribution in [0.2, 0.25) is 10.0 Å². The van der Waals surface area contributed by atoms with Gasteiger partial charge >= 0.3 is 5.69 Å². The minimum Gasteiger partial charge on any atom is -0.460 e. The summed E-state index contributed by atoms with van der Waals surface area (Å²) in [5.41, 5.74) is 1.32. The van der Waals surface area contributed by atoms with E-state index in [4.69, 9.17) is 27.9 Å². The number of hydrogen-bond acceptors (Lipinski definition) is 4. The number of rotatable bonds is 5. The van der Waals surface area contributed by atoms with Gasteiger partial charge in [-0.05, 0) is 23.8 Å². The fourth-order valence-electron chi connectivity index (χ4n) is 3.21. The third-order valence-electron chi connectivity index (χ3n) is 4.88. The second-order valence-corrected chi connectivity index (χ2v) is 7.71. The number of halogens is 2. The minimum absolute atomic E-state index is 0.165. The molecule has 154 valence electrons. The molecule has 0 aliphatic heterocycles. The van der Waals surface area contributed by atoms with E-state index in [1.165, 1.54) is 11.6 Å². The molecule has 0 saturated heterocycles. The molecule has 0 bridgehead atoms. The molecule has 0 aliphatic rings. The average molecular weight is 445 g/mol. The van der Waals surface area contributed by atoms with Crippen LogP contribution >= 0.6 is 23.2 Å². The number of hydrogen-bond donors (Lipinski definition) is 0. The lowest BCUT2D eigenvalue weighted by molar-refractivity contribution is 0.270. The Kier molecular flexibility index (Phi) is 5.40. The van der Waals surface area contributed by atoms with Crippen LogP contribution in [-0.4, -0.2) is 18.7 Å². The maximum atomic E-state index is 12.9. The predicted molar refractivity (Wildman–Crippen MR) is 117 cm³/mol. The first-order chi connectivity index (χ1) is 14.4. The zero-order chi connectivity index (χ0) is 21.4. The summed E-state index contributed by atoms with van der Waals surface area (Å²) in [5, 5.41) is 1.18. The second-order valence-electron chi connectivity index (χ2n) is 6.87. The van der Waals surface area contributed by atoms with E-state index in [1.807, 2.05) is 30.3 Å². The fourth-order valence-corrected chi connectivity index (χ4v) is 3.53. The highest BCUT2D eigenvalue weighted by molar-refractivity contribution is 6.31. The summed E-state index contributed by atoms with van der Waals surface area (Å²) >= 11 is 12.2. The minimum atomic E-state index is -0.457. The van der Waals surface area contributed by atoms with Crippen molar-refractivity contribution < 1.29 is 4.74 Å². The van der Waals surface area contributed by atoms with E-state index in [9.17, 15) is 9.59 Å². The van der Waals surface area contributed by atoms with Gasteiger partial charge in [-0.1, -0.05) is 53.5 Å². The highest BCUT2D eigenvalue weighted by atomic mass is 35.5. The fraction of sp³-hybridized carbons (Fsp3) is 0.190. The first kappa shape index (κ1) is 20.3. The Labute approximate surface area is 181 Å². The Morgan fingerprint density at radius 3 is 2.37 bits per heavy atom. The molecule has 4 rings (SSSR count). The Hall–Kier alpha value is -3.03. The zero-order valence-electron chi connectivity index (χ0n) is 16.3. The van der Waals surface area contributed by atoms with Crippen molar-refractivity contribution in [2.45, 2.75) is 13.2 Å². The largest absolute Gasteiger partial charge is 0.460 e. The lowest BCUT2D eigenvalue weighted by Gasteiger charge is -2.11. The van der Waals surface area contributed by atoms with E-state index in [2.05, 4.69) is 4.98 Å². The second kappa shape index (κ2) is 8.01. The molecule has 0 atom stereocenters. The van der Waals surface area contributed by atoms with Crippen LogP contribution in [0.5, 0.6) is 6.01 Å². The van der Waals surface area contributed by atoms with Crippen molar-refractivity contribution in [3.05, 3.63) is 90.5 Å². The molecule has 7 nitrogen and oxygen atoms in total. The molecule has 0 unspecified atom stereocenters. The molecule has 4 aromatic rings. The molecule has 2 aromatic heterocycles. The summed E-state index contributed by atoms with van der Waals surface area (Å²) in [6.07, 6.45) is 0. The van der Waals surface area contributed by atoms with E-state index in [1.54, 1.807) is 29.8 Å². The highest BCUT2D eigenvalue weighted by Crippen LogP contribution is 2.23. The number of benzene rings is 2. The molecule has 2 aromatic carbocycles. The zero-order valence-corrected chi connectivity index (χ0v) is 17.8. The van der Waals surface area contributed by atoms with E-state index in [-0.39, 0.29) is 23.8 Å². The van der Waals surface area contributed by atoms with Gasteiger partial charge in [0.1, 0.15) is 6.61 Å². The maximum absolute atomic E-state index is 12.9. The topological polar surface area (TPSA) is 71.1 Å². The van der Waals surface area contributed by atoms with Gasteiger partial charge in [0.2, 0.25) is 0 Å². The predicted octanol–water partition coefficient (Wildman–Crippen LogP) is 3.37. The molecule has 0 radical (unpaired) electrons. The Balaban J connectivity index is 1.85. The summed E-state index contributed by atoms with van der Waals surface area (Å²) in [5.74, 6) is 0. The van der Waals surface area contributed by atoms with Crippen molar-refractivity contribution in [2.24, 2.45) is 14.1 Å². The smallest absolute Gasteiger partial charge is 0.332 e. The lowest BCUT2D eigenvalue weighted by atomic mass is 10.2. The number of nitrogens with zero attached hydrogens (tertiary/aromatic N) is 4. The molecule has 0 spiro atoms. The van der Waals surface area contributed by atoms with Crippen LogP contribution in [-0.2, 0) is 27.2 Å². The van der Waals surface area contributed by atoms with Gasteiger partial charge in [0.15, 0.2) is 11.2 Å². The van der Waals surface area contributed by atoms with Gasteiger partial charge in [0.05, 0.1) is 6.54 Å². The standard InChI is InChI=1S/C21H18Cl2N4O3/c1-25-18-17(19(28)26(2)21(25)29)27(11-13-7-9-15(22)10-8-13)20(24-18)30-12-14-5-3-4-6-16(14)23/h3-10H,11-12H2,1-2H3. The lowest BCUT2D eigenvalue weighted by Crippen LogP contribution is -2.37. The number of fused-ring (bicyclic) bond motifs is 1. The summed E-state index contributed by atoms with van der Waals surface area (Å²) < 4.78 is 10.0. The molecular weight excluding hydrogens is 427 g/mol. The molecule has 30 heavy (non-hydrogen) atoms. The number of aryl methyl sites for hydroxylation is 1. The summed E-state index contributed by atoms with van der Waals surface area (Å²) in [6.45, 7) is 0.483. The third kappa shape index (κ3) is 3.62. The summed E-state index contributed by atoms with van der Waals surface area (Å²) in [7, 11) is 3.01. The summed E-state index contributed by atoms with van der Waals surface area (Å²) in [6, 6.07) is 14.8. The average Bonchev–Trinajstić information content (AvgIpc) is 3.10. The normalized spacial score (nSPS) is 11.2. The first-order valence-electron chi connectivity index (χ1n) is 9.13. The van der Waals surface area contributed by atoms with E-state index in [0.717, 1.165) is 15.7 Å².